The van der Waals surface area contributed by atoms with Crippen molar-refractivity contribution in [2.75, 3.05) is 6.26 Å². The van der Waals surface area contributed by atoms with E-state index in [1.807, 2.05) is 6.92 Å². The third-order valence-corrected chi connectivity index (χ3v) is 5.47. The van der Waals surface area contributed by atoms with Crippen LogP contribution in [0.2, 0.25) is 0 Å². The molecule has 0 saturated heterocycles. The van der Waals surface area contributed by atoms with Gasteiger partial charge in [0.25, 0.3) is 0 Å². The zero-order valence-corrected chi connectivity index (χ0v) is 13.8. The Hall–Kier alpha value is 0.290. The van der Waals surface area contributed by atoms with Crippen molar-refractivity contribution < 1.29 is 17.2 Å². The van der Waals surface area contributed by atoms with E-state index >= 15 is 0 Å². The maximum Gasteiger partial charge on any atom is 0.357 e. The van der Waals surface area contributed by atoms with E-state index in [-0.39, 0.29) is 12.3 Å². The predicted octanol–water partition coefficient (Wildman–Crippen LogP) is 4.24. The molecule has 6 heteroatoms. The highest BCUT2D eigenvalue weighted by Crippen LogP contribution is 2.35. The number of rotatable bonds is 8. The first kappa shape index (κ1) is 18.3. The molecule has 0 aliphatic rings. The summed E-state index contributed by atoms with van der Waals surface area (Å²) >= 11 is 2.83. The van der Waals surface area contributed by atoms with Crippen LogP contribution in [0.5, 0.6) is 0 Å². The van der Waals surface area contributed by atoms with Gasteiger partial charge in [0.1, 0.15) is 0 Å². The van der Waals surface area contributed by atoms with Crippen molar-refractivity contribution in [1.82, 2.24) is 0 Å². The van der Waals surface area contributed by atoms with Crippen LogP contribution in [0.1, 0.15) is 46.5 Å². The maximum absolute atomic E-state index is 13.5. The molecule has 0 aromatic rings. The standard InChI is InChI=1S/C12H23BrF2O2S/c1-9(2)6-5-7-10(3)8-11(13)12(14,15)18(4,16)17/h9-11H,5-8H2,1-4H3. The summed E-state index contributed by atoms with van der Waals surface area (Å²) in [5.74, 6) is 0.690. The van der Waals surface area contributed by atoms with E-state index in [1.54, 1.807) is 0 Å². The molecule has 2 atom stereocenters. The van der Waals surface area contributed by atoms with Crippen molar-refractivity contribution in [3.05, 3.63) is 0 Å². The maximum atomic E-state index is 13.5. The second-order valence-corrected chi connectivity index (χ2v) is 8.66. The highest BCUT2D eigenvalue weighted by molar-refractivity contribution is 9.09. The molecule has 2 unspecified atom stereocenters. The Kier molecular flexibility index (Phi) is 7.29. The Labute approximate surface area is 118 Å². The molecule has 0 amide bonds. The normalized spacial score (nSPS) is 16.9. The molecular weight excluding hydrogens is 326 g/mol. The quantitative estimate of drug-likeness (QED) is 0.614. The lowest BCUT2D eigenvalue weighted by Crippen LogP contribution is -2.38. The minimum absolute atomic E-state index is 0.0840. The van der Waals surface area contributed by atoms with E-state index in [1.165, 1.54) is 0 Å². The number of halogens is 3. The van der Waals surface area contributed by atoms with Crippen molar-refractivity contribution in [1.29, 1.82) is 0 Å². The van der Waals surface area contributed by atoms with Gasteiger partial charge in [0.15, 0.2) is 0 Å². The summed E-state index contributed by atoms with van der Waals surface area (Å²) in [6.45, 7) is 6.12. The summed E-state index contributed by atoms with van der Waals surface area (Å²) in [5.41, 5.74) is 0. The fourth-order valence-corrected chi connectivity index (χ4v) is 3.93. The van der Waals surface area contributed by atoms with Gasteiger partial charge in [-0.15, -0.1) is 0 Å². The number of hydrogen-bond donors (Lipinski definition) is 0. The van der Waals surface area contributed by atoms with Gasteiger partial charge >= 0.3 is 5.25 Å². The zero-order chi connectivity index (χ0) is 14.6. The summed E-state index contributed by atoms with van der Waals surface area (Å²) in [5, 5.41) is -3.70. The average Bonchev–Trinajstić information content (AvgIpc) is 2.14. The molecule has 18 heavy (non-hydrogen) atoms. The van der Waals surface area contributed by atoms with E-state index < -0.39 is 19.9 Å². The van der Waals surface area contributed by atoms with Crippen LogP contribution >= 0.6 is 15.9 Å². The third-order valence-electron chi connectivity index (χ3n) is 2.95. The number of alkyl halides is 3. The van der Waals surface area contributed by atoms with E-state index in [2.05, 4.69) is 29.8 Å². The van der Waals surface area contributed by atoms with Crippen LogP contribution in [-0.2, 0) is 9.84 Å². The van der Waals surface area contributed by atoms with Crippen LogP contribution in [0.4, 0.5) is 8.78 Å². The van der Waals surface area contributed by atoms with Gasteiger partial charge in [-0.2, -0.15) is 8.78 Å². The SMILES string of the molecule is CC(C)CCCC(C)CC(Br)C(F)(F)S(C)(=O)=O. The second-order valence-electron chi connectivity index (χ2n) is 5.47. The van der Waals surface area contributed by atoms with Crippen LogP contribution in [0.3, 0.4) is 0 Å². The molecule has 0 aromatic heterocycles. The Bertz CT molecular complexity index is 342. The van der Waals surface area contributed by atoms with Crippen LogP contribution in [0.25, 0.3) is 0 Å². The lowest BCUT2D eigenvalue weighted by atomic mass is 9.96. The summed E-state index contributed by atoms with van der Waals surface area (Å²) in [4.78, 5) is -1.31. The Morgan fingerprint density at radius 1 is 1.17 bits per heavy atom. The second kappa shape index (κ2) is 7.17. The van der Waals surface area contributed by atoms with Crippen molar-refractivity contribution >= 4 is 25.8 Å². The largest absolute Gasteiger partial charge is 0.357 e. The first-order valence-electron chi connectivity index (χ1n) is 6.20. The van der Waals surface area contributed by atoms with Gasteiger partial charge < -0.3 is 0 Å². The molecule has 0 fully saturated rings. The summed E-state index contributed by atoms with van der Waals surface area (Å²) in [6, 6.07) is 0. The lowest BCUT2D eigenvalue weighted by molar-refractivity contribution is 0.0843. The predicted molar refractivity (Wildman–Crippen MR) is 75.0 cm³/mol. The first-order valence-corrected chi connectivity index (χ1v) is 9.00. The molecule has 0 rings (SSSR count). The molecule has 110 valence electrons. The van der Waals surface area contributed by atoms with E-state index in [9.17, 15) is 17.2 Å². The molecular formula is C12H23BrF2O2S. The Morgan fingerprint density at radius 3 is 2.06 bits per heavy atom. The van der Waals surface area contributed by atoms with Crippen molar-refractivity contribution in [2.24, 2.45) is 11.8 Å². The molecule has 0 aliphatic carbocycles. The fraction of sp³-hybridized carbons (Fsp3) is 1.00. The minimum atomic E-state index is -4.36. The Morgan fingerprint density at radius 2 is 1.67 bits per heavy atom. The van der Waals surface area contributed by atoms with Crippen LogP contribution in [-0.4, -0.2) is 24.8 Å². The molecule has 0 radical (unpaired) electrons. The smallest absolute Gasteiger partial charge is 0.223 e. The zero-order valence-electron chi connectivity index (χ0n) is 11.4. The van der Waals surface area contributed by atoms with Crippen molar-refractivity contribution in [3.63, 3.8) is 0 Å². The fourth-order valence-electron chi connectivity index (χ4n) is 1.72. The van der Waals surface area contributed by atoms with Crippen molar-refractivity contribution in [2.45, 2.75) is 56.5 Å². The van der Waals surface area contributed by atoms with Crippen molar-refractivity contribution in [3.8, 4) is 0 Å². The summed E-state index contributed by atoms with van der Waals surface area (Å²) in [6.07, 6.45) is 3.64. The molecule has 0 N–H and O–H groups in total. The van der Waals surface area contributed by atoms with Gasteiger partial charge in [-0.3, -0.25) is 0 Å². The van der Waals surface area contributed by atoms with Gasteiger partial charge in [0.2, 0.25) is 9.84 Å². The van der Waals surface area contributed by atoms with Gasteiger partial charge in [-0.1, -0.05) is 56.0 Å². The van der Waals surface area contributed by atoms with Gasteiger partial charge in [0.05, 0.1) is 4.83 Å². The van der Waals surface area contributed by atoms with Gasteiger partial charge in [0, 0.05) is 6.26 Å². The first-order chi connectivity index (χ1) is 7.98. The van der Waals surface area contributed by atoms with E-state index in [0.29, 0.717) is 12.2 Å². The molecule has 0 spiro atoms. The van der Waals surface area contributed by atoms with E-state index in [0.717, 1.165) is 19.3 Å². The topological polar surface area (TPSA) is 34.1 Å². The molecule has 0 saturated carbocycles. The lowest BCUT2D eigenvalue weighted by Gasteiger charge is -2.23. The Balaban J connectivity index is 4.27. The molecule has 2 nitrogen and oxygen atoms in total. The average molecular weight is 349 g/mol. The van der Waals surface area contributed by atoms with Crippen LogP contribution < -0.4 is 0 Å². The van der Waals surface area contributed by atoms with Gasteiger partial charge in [-0.25, -0.2) is 8.42 Å². The molecule has 0 bridgehead atoms. The highest BCUT2D eigenvalue weighted by atomic mass is 79.9. The monoisotopic (exact) mass is 348 g/mol. The van der Waals surface area contributed by atoms with Crippen LogP contribution in [0.15, 0.2) is 0 Å². The minimum Gasteiger partial charge on any atom is -0.223 e. The van der Waals surface area contributed by atoms with E-state index in [4.69, 9.17) is 0 Å². The number of sulfone groups is 1. The highest BCUT2D eigenvalue weighted by Gasteiger charge is 2.48. The summed E-state index contributed by atoms with van der Waals surface area (Å²) in [7, 11) is -4.36. The summed E-state index contributed by atoms with van der Waals surface area (Å²) < 4.78 is 49.0. The number of hydrogen-bond acceptors (Lipinski definition) is 2. The molecule has 0 aromatic carbocycles. The molecule has 0 aliphatic heterocycles. The van der Waals surface area contributed by atoms with Crippen LogP contribution in [0, 0.1) is 11.8 Å². The third kappa shape index (κ3) is 5.95. The van der Waals surface area contributed by atoms with Gasteiger partial charge in [-0.05, 0) is 18.3 Å². The molecule has 0 heterocycles.